The molecule has 0 aliphatic carbocycles. The van der Waals surface area contributed by atoms with Gasteiger partial charge in [-0.1, -0.05) is 13.8 Å². The highest BCUT2D eigenvalue weighted by Gasteiger charge is 2.27. The molecule has 0 aromatic carbocycles. The Kier molecular flexibility index (Phi) is 5.41. The van der Waals surface area contributed by atoms with Gasteiger partial charge in [0.1, 0.15) is 5.69 Å². The smallest absolute Gasteiger partial charge is 0.270 e. The second-order valence-corrected chi connectivity index (χ2v) is 4.41. The fourth-order valence-electron chi connectivity index (χ4n) is 2.21. The normalized spacial score (nSPS) is 18.5. The summed E-state index contributed by atoms with van der Waals surface area (Å²) in [6, 6.07) is 1.93. The van der Waals surface area contributed by atoms with Crippen molar-refractivity contribution in [1.82, 2.24) is 9.47 Å². The summed E-state index contributed by atoms with van der Waals surface area (Å²) in [6.45, 7) is 7.50. The van der Waals surface area contributed by atoms with E-state index in [0.29, 0.717) is 6.54 Å². The number of hydrogen-bond donors (Lipinski definition) is 0. The van der Waals surface area contributed by atoms with Crippen molar-refractivity contribution in [1.29, 1.82) is 0 Å². The summed E-state index contributed by atoms with van der Waals surface area (Å²) < 4.78 is 7.15. The van der Waals surface area contributed by atoms with Crippen LogP contribution in [0, 0.1) is 6.92 Å². The van der Waals surface area contributed by atoms with Crippen LogP contribution < -0.4 is 0 Å². The average Bonchev–Trinajstić information content (AvgIpc) is 2.97. The van der Waals surface area contributed by atoms with Crippen molar-refractivity contribution in [3.63, 3.8) is 0 Å². The van der Waals surface area contributed by atoms with Crippen LogP contribution in [0.3, 0.4) is 0 Å². The third-order valence-corrected chi connectivity index (χ3v) is 3.13. The Bertz CT molecular complexity index is 398. The van der Waals surface area contributed by atoms with Crippen molar-refractivity contribution in [2.75, 3.05) is 20.2 Å². The molecular weight excluding hydrogens is 228 g/mol. The third kappa shape index (κ3) is 3.13. The summed E-state index contributed by atoms with van der Waals surface area (Å²) in [7, 11) is 3.61. The summed E-state index contributed by atoms with van der Waals surface area (Å²) in [5.74, 6) is 0.107. The highest BCUT2D eigenvalue weighted by Crippen LogP contribution is 2.16. The fourth-order valence-corrected chi connectivity index (χ4v) is 2.21. The van der Waals surface area contributed by atoms with Gasteiger partial charge in [0.15, 0.2) is 0 Å². The molecule has 2 heterocycles. The van der Waals surface area contributed by atoms with Crippen LogP contribution in [-0.4, -0.2) is 41.7 Å². The number of methoxy groups -OCH3 is 1. The minimum Gasteiger partial charge on any atom is -0.380 e. The Hall–Kier alpha value is -1.29. The molecule has 0 saturated carbocycles. The van der Waals surface area contributed by atoms with Crippen molar-refractivity contribution >= 4 is 5.91 Å². The Morgan fingerprint density at radius 1 is 1.44 bits per heavy atom. The first-order valence-electron chi connectivity index (χ1n) is 6.57. The van der Waals surface area contributed by atoms with Gasteiger partial charge < -0.3 is 14.2 Å². The summed E-state index contributed by atoms with van der Waals surface area (Å²) in [4.78, 5) is 14.1. The predicted molar refractivity (Wildman–Crippen MR) is 72.8 cm³/mol. The first kappa shape index (κ1) is 14.8. The molecule has 1 aliphatic heterocycles. The molecular formula is C14H24N2O2. The van der Waals surface area contributed by atoms with Gasteiger partial charge in [0.05, 0.1) is 6.10 Å². The second-order valence-electron chi connectivity index (χ2n) is 4.41. The number of aryl methyl sites for hydroxylation is 2. The first-order chi connectivity index (χ1) is 8.61. The summed E-state index contributed by atoms with van der Waals surface area (Å²) >= 11 is 0. The van der Waals surface area contributed by atoms with E-state index in [2.05, 4.69) is 0 Å². The first-order valence-corrected chi connectivity index (χ1v) is 6.57. The van der Waals surface area contributed by atoms with Crippen LogP contribution >= 0.6 is 0 Å². The van der Waals surface area contributed by atoms with E-state index in [1.807, 2.05) is 49.5 Å². The number of aromatic nitrogens is 1. The maximum atomic E-state index is 12.2. The number of likely N-dealkylation sites (tertiary alicyclic amines) is 1. The molecule has 1 aromatic heterocycles. The molecule has 4 nitrogen and oxygen atoms in total. The van der Waals surface area contributed by atoms with Gasteiger partial charge in [-0.05, 0) is 25.0 Å². The molecule has 4 heteroatoms. The van der Waals surface area contributed by atoms with E-state index in [4.69, 9.17) is 4.74 Å². The van der Waals surface area contributed by atoms with E-state index in [1.54, 1.807) is 7.11 Å². The maximum absolute atomic E-state index is 12.2. The van der Waals surface area contributed by atoms with Crippen LogP contribution in [0.1, 0.15) is 36.3 Å². The van der Waals surface area contributed by atoms with E-state index in [1.165, 1.54) is 0 Å². The highest BCUT2D eigenvalue weighted by molar-refractivity contribution is 5.93. The molecule has 1 amide bonds. The summed E-state index contributed by atoms with van der Waals surface area (Å²) in [5.41, 5.74) is 1.88. The van der Waals surface area contributed by atoms with Crippen molar-refractivity contribution in [3.8, 4) is 0 Å². The lowest BCUT2D eigenvalue weighted by molar-refractivity contribution is 0.0715. The number of carbonyl (C=O) groups excluding carboxylic acids is 1. The van der Waals surface area contributed by atoms with E-state index >= 15 is 0 Å². The number of ether oxygens (including phenoxy) is 1. The Labute approximate surface area is 110 Å². The van der Waals surface area contributed by atoms with Crippen LogP contribution in [0.4, 0.5) is 0 Å². The molecule has 0 spiro atoms. The maximum Gasteiger partial charge on any atom is 0.270 e. The largest absolute Gasteiger partial charge is 0.380 e. The van der Waals surface area contributed by atoms with Crippen LogP contribution in [0.15, 0.2) is 12.3 Å². The van der Waals surface area contributed by atoms with Crippen molar-refractivity contribution < 1.29 is 9.53 Å². The molecule has 102 valence electrons. The molecule has 18 heavy (non-hydrogen) atoms. The lowest BCUT2D eigenvalue weighted by Crippen LogP contribution is -2.31. The number of amides is 1. The molecule has 0 radical (unpaired) electrons. The van der Waals surface area contributed by atoms with Crippen LogP contribution in [-0.2, 0) is 11.8 Å². The number of rotatable bonds is 2. The van der Waals surface area contributed by atoms with Gasteiger partial charge in [0, 0.05) is 33.4 Å². The van der Waals surface area contributed by atoms with Gasteiger partial charge in [0.2, 0.25) is 0 Å². The topological polar surface area (TPSA) is 34.5 Å². The number of hydrogen-bond acceptors (Lipinski definition) is 2. The van der Waals surface area contributed by atoms with E-state index in [0.717, 1.165) is 24.2 Å². The second kappa shape index (κ2) is 6.59. The zero-order valence-electron chi connectivity index (χ0n) is 12.1. The number of carbonyl (C=O) groups is 1. The Morgan fingerprint density at radius 3 is 2.56 bits per heavy atom. The molecule has 0 bridgehead atoms. The molecule has 1 atom stereocenters. The summed E-state index contributed by atoms with van der Waals surface area (Å²) in [5, 5.41) is 0. The Morgan fingerprint density at radius 2 is 2.11 bits per heavy atom. The van der Waals surface area contributed by atoms with Crippen LogP contribution in [0.2, 0.25) is 0 Å². The molecule has 1 unspecified atom stereocenters. The standard InChI is InChI=1S/C12H18N2O2.C2H6/c1-9-6-11(13(2)7-9)12(15)14-5-4-10(8-14)16-3;1-2/h6-7,10H,4-5,8H2,1-3H3;1-2H3. The van der Waals surface area contributed by atoms with E-state index in [-0.39, 0.29) is 12.0 Å². The van der Waals surface area contributed by atoms with E-state index < -0.39 is 0 Å². The molecule has 2 rings (SSSR count). The van der Waals surface area contributed by atoms with Crippen molar-refractivity contribution in [3.05, 3.63) is 23.5 Å². The highest BCUT2D eigenvalue weighted by atomic mass is 16.5. The fraction of sp³-hybridized carbons (Fsp3) is 0.643. The molecule has 1 aromatic rings. The number of nitrogens with zero attached hydrogens (tertiary/aromatic N) is 2. The van der Waals surface area contributed by atoms with Crippen molar-refractivity contribution in [2.24, 2.45) is 7.05 Å². The molecule has 1 fully saturated rings. The van der Waals surface area contributed by atoms with Gasteiger partial charge in [-0.25, -0.2) is 0 Å². The average molecular weight is 252 g/mol. The van der Waals surface area contributed by atoms with Crippen molar-refractivity contribution in [2.45, 2.75) is 33.3 Å². The third-order valence-electron chi connectivity index (χ3n) is 3.13. The van der Waals surface area contributed by atoms with Crippen LogP contribution in [0.25, 0.3) is 0 Å². The quantitative estimate of drug-likeness (QED) is 0.809. The molecule has 1 saturated heterocycles. The SMILES string of the molecule is CC.COC1CCN(C(=O)c2cc(C)cn2C)C1. The van der Waals surface area contributed by atoms with Gasteiger partial charge in [-0.15, -0.1) is 0 Å². The van der Waals surface area contributed by atoms with Gasteiger partial charge in [0.25, 0.3) is 5.91 Å². The Balaban J connectivity index is 0.000000771. The zero-order valence-corrected chi connectivity index (χ0v) is 12.1. The van der Waals surface area contributed by atoms with Crippen LogP contribution in [0.5, 0.6) is 0 Å². The monoisotopic (exact) mass is 252 g/mol. The lowest BCUT2D eigenvalue weighted by atomic mass is 10.3. The molecule has 1 aliphatic rings. The predicted octanol–water partition coefficient (Wildman–Crippen LogP) is 2.22. The van der Waals surface area contributed by atoms with Gasteiger partial charge in [-0.2, -0.15) is 0 Å². The van der Waals surface area contributed by atoms with E-state index in [9.17, 15) is 4.79 Å². The minimum absolute atomic E-state index is 0.107. The summed E-state index contributed by atoms with van der Waals surface area (Å²) in [6.07, 6.45) is 3.10. The minimum atomic E-state index is 0.107. The van der Waals surface area contributed by atoms with Gasteiger partial charge in [-0.3, -0.25) is 4.79 Å². The van der Waals surface area contributed by atoms with Gasteiger partial charge >= 0.3 is 0 Å². The molecule has 0 N–H and O–H groups in total. The lowest BCUT2D eigenvalue weighted by Gasteiger charge is -2.16. The zero-order chi connectivity index (χ0) is 13.7.